The van der Waals surface area contributed by atoms with Gasteiger partial charge < -0.3 is 15.0 Å². The number of morpholine rings is 1. The summed E-state index contributed by atoms with van der Waals surface area (Å²) in [6.07, 6.45) is 1.43. The second-order valence-corrected chi connectivity index (χ2v) is 7.18. The van der Waals surface area contributed by atoms with E-state index < -0.39 is 22.0 Å². The standard InChI is InChI=1S/C13H19N3O5S/c1-9(17)5-10-8-21-4-3-16(10)22(19,20)11-6-12(13(14)18)15(2)7-11/h6-7,10H,3-5,8H2,1-2H3,(H2,14,18). The molecule has 1 amide bonds. The number of sulfonamides is 1. The minimum absolute atomic E-state index is 0.0146. The van der Waals surface area contributed by atoms with E-state index in [0.29, 0.717) is 0 Å². The predicted molar refractivity (Wildman–Crippen MR) is 77.7 cm³/mol. The Morgan fingerprint density at radius 1 is 1.45 bits per heavy atom. The third-order valence-electron chi connectivity index (χ3n) is 3.54. The predicted octanol–water partition coefficient (Wildman–Crippen LogP) is -0.507. The third-order valence-corrected chi connectivity index (χ3v) is 5.45. The summed E-state index contributed by atoms with van der Waals surface area (Å²) in [5.74, 6) is -0.812. The Labute approximate surface area is 128 Å². The molecule has 0 aliphatic carbocycles. The Kier molecular flexibility index (Phi) is 4.69. The SMILES string of the molecule is CC(=O)CC1COCCN1S(=O)(=O)c1cc(C(N)=O)n(C)c1. The van der Waals surface area contributed by atoms with Gasteiger partial charge in [-0.2, -0.15) is 4.31 Å². The summed E-state index contributed by atoms with van der Waals surface area (Å²) in [4.78, 5) is 22.6. The number of ether oxygens (including phenoxy) is 1. The van der Waals surface area contributed by atoms with Crippen molar-refractivity contribution >= 4 is 21.7 Å². The van der Waals surface area contributed by atoms with Gasteiger partial charge >= 0.3 is 0 Å². The van der Waals surface area contributed by atoms with Gasteiger partial charge in [-0.15, -0.1) is 0 Å². The van der Waals surface area contributed by atoms with Crippen LogP contribution in [0.3, 0.4) is 0 Å². The molecule has 0 radical (unpaired) electrons. The fraction of sp³-hybridized carbons (Fsp3) is 0.538. The van der Waals surface area contributed by atoms with E-state index in [1.165, 1.54) is 28.1 Å². The largest absolute Gasteiger partial charge is 0.378 e. The minimum atomic E-state index is -3.82. The summed E-state index contributed by atoms with van der Waals surface area (Å²) in [5.41, 5.74) is 5.32. The van der Waals surface area contributed by atoms with Gasteiger partial charge in [0.2, 0.25) is 10.0 Å². The zero-order chi connectivity index (χ0) is 16.5. The lowest BCUT2D eigenvalue weighted by Crippen LogP contribution is -2.49. The van der Waals surface area contributed by atoms with Gasteiger partial charge in [0, 0.05) is 26.2 Å². The maximum Gasteiger partial charge on any atom is 0.265 e. The average Bonchev–Trinajstić information content (AvgIpc) is 2.81. The molecular weight excluding hydrogens is 310 g/mol. The van der Waals surface area contributed by atoms with Crippen LogP contribution in [0.25, 0.3) is 0 Å². The highest BCUT2D eigenvalue weighted by Gasteiger charge is 2.35. The lowest BCUT2D eigenvalue weighted by molar-refractivity contribution is -0.118. The van der Waals surface area contributed by atoms with Crippen LogP contribution < -0.4 is 5.73 Å². The number of hydrogen-bond acceptors (Lipinski definition) is 5. The van der Waals surface area contributed by atoms with E-state index in [0.717, 1.165) is 0 Å². The van der Waals surface area contributed by atoms with Crippen molar-refractivity contribution in [1.82, 2.24) is 8.87 Å². The van der Waals surface area contributed by atoms with Crippen molar-refractivity contribution in [3.8, 4) is 0 Å². The normalized spacial score (nSPS) is 20.0. The van der Waals surface area contributed by atoms with Crippen LogP contribution in [-0.4, -0.2) is 54.8 Å². The first-order valence-electron chi connectivity index (χ1n) is 6.78. The number of amides is 1. The number of rotatable bonds is 5. The molecule has 1 aliphatic heterocycles. The first-order chi connectivity index (χ1) is 10.2. The second-order valence-electron chi connectivity index (χ2n) is 5.29. The molecule has 1 unspecified atom stereocenters. The van der Waals surface area contributed by atoms with Crippen molar-refractivity contribution in [2.75, 3.05) is 19.8 Å². The summed E-state index contributed by atoms with van der Waals surface area (Å²) in [7, 11) is -2.27. The number of nitrogens with zero attached hydrogens (tertiary/aromatic N) is 2. The zero-order valence-electron chi connectivity index (χ0n) is 12.5. The molecule has 1 fully saturated rings. The number of nitrogens with two attached hydrogens (primary N) is 1. The highest BCUT2D eigenvalue weighted by Crippen LogP contribution is 2.23. The van der Waals surface area contributed by atoms with Crippen LogP contribution in [0.15, 0.2) is 17.2 Å². The smallest absolute Gasteiger partial charge is 0.265 e. The number of ketones is 1. The Morgan fingerprint density at radius 2 is 2.14 bits per heavy atom. The van der Waals surface area contributed by atoms with Crippen LogP contribution in [-0.2, 0) is 26.6 Å². The monoisotopic (exact) mass is 329 g/mol. The van der Waals surface area contributed by atoms with Gasteiger partial charge in [-0.25, -0.2) is 8.42 Å². The van der Waals surface area contributed by atoms with E-state index in [2.05, 4.69) is 0 Å². The minimum Gasteiger partial charge on any atom is -0.378 e. The van der Waals surface area contributed by atoms with Crippen molar-refractivity contribution in [2.45, 2.75) is 24.3 Å². The topological polar surface area (TPSA) is 112 Å². The molecule has 0 aromatic carbocycles. The van der Waals surface area contributed by atoms with E-state index in [1.54, 1.807) is 7.05 Å². The van der Waals surface area contributed by atoms with E-state index in [-0.39, 0.29) is 42.6 Å². The molecule has 2 heterocycles. The molecule has 1 aromatic rings. The van der Waals surface area contributed by atoms with Crippen molar-refractivity contribution < 1.29 is 22.7 Å². The maximum absolute atomic E-state index is 12.8. The van der Waals surface area contributed by atoms with Crippen LogP contribution in [0.5, 0.6) is 0 Å². The van der Waals surface area contributed by atoms with Crippen molar-refractivity contribution in [1.29, 1.82) is 0 Å². The van der Waals surface area contributed by atoms with Crippen molar-refractivity contribution in [3.63, 3.8) is 0 Å². The first-order valence-corrected chi connectivity index (χ1v) is 8.22. The van der Waals surface area contributed by atoms with E-state index >= 15 is 0 Å². The lowest BCUT2D eigenvalue weighted by Gasteiger charge is -2.33. The fourth-order valence-corrected chi connectivity index (χ4v) is 4.17. The van der Waals surface area contributed by atoms with Crippen LogP contribution >= 0.6 is 0 Å². The summed E-state index contributed by atoms with van der Waals surface area (Å²) in [6, 6.07) is 0.714. The van der Waals surface area contributed by atoms with Gasteiger partial charge in [-0.1, -0.05) is 0 Å². The van der Waals surface area contributed by atoms with Crippen molar-refractivity contribution in [2.24, 2.45) is 12.8 Å². The van der Waals surface area contributed by atoms with Crippen LogP contribution in [0, 0.1) is 0 Å². The van der Waals surface area contributed by atoms with Gasteiger partial charge in [-0.3, -0.25) is 9.59 Å². The van der Waals surface area contributed by atoms with Gasteiger partial charge in [0.05, 0.1) is 19.3 Å². The Balaban J connectivity index is 2.37. The van der Waals surface area contributed by atoms with Gasteiger partial charge in [0.15, 0.2) is 0 Å². The van der Waals surface area contributed by atoms with Crippen LogP contribution in [0.4, 0.5) is 0 Å². The maximum atomic E-state index is 12.8. The molecule has 9 heteroatoms. The average molecular weight is 329 g/mol. The molecule has 2 N–H and O–H groups in total. The molecule has 0 saturated carbocycles. The Morgan fingerprint density at radius 3 is 2.68 bits per heavy atom. The summed E-state index contributed by atoms with van der Waals surface area (Å²) >= 11 is 0. The summed E-state index contributed by atoms with van der Waals surface area (Å²) in [6.45, 7) is 2.02. The fourth-order valence-electron chi connectivity index (χ4n) is 2.50. The highest BCUT2D eigenvalue weighted by molar-refractivity contribution is 7.89. The van der Waals surface area contributed by atoms with Gasteiger partial charge in [-0.05, 0) is 13.0 Å². The summed E-state index contributed by atoms with van der Waals surface area (Å²) < 4.78 is 33.4. The third kappa shape index (κ3) is 3.21. The molecule has 2 rings (SSSR count). The molecule has 0 spiro atoms. The molecule has 22 heavy (non-hydrogen) atoms. The quantitative estimate of drug-likeness (QED) is 0.782. The number of carbonyl (C=O) groups is 2. The first kappa shape index (κ1) is 16.7. The lowest BCUT2D eigenvalue weighted by atomic mass is 10.1. The van der Waals surface area contributed by atoms with Gasteiger partial charge in [0.1, 0.15) is 16.4 Å². The Bertz CT molecular complexity index is 695. The zero-order valence-corrected chi connectivity index (χ0v) is 13.3. The number of carbonyl (C=O) groups excluding carboxylic acids is 2. The highest BCUT2D eigenvalue weighted by atomic mass is 32.2. The van der Waals surface area contributed by atoms with Gasteiger partial charge in [0.25, 0.3) is 5.91 Å². The molecule has 1 aromatic heterocycles. The number of aryl methyl sites for hydroxylation is 1. The van der Waals surface area contributed by atoms with E-state index in [1.807, 2.05) is 0 Å². The molecule has 1 atom stereocenters. The second kappa shape index (κ2) is 6.19. The van der Waals surface area contributed by atoms with Crippen LogP contribution in [0.1, 0.15) is 23.8 Å². The molecule has 0 bridgehead atoms. The number of hydrogen-bond donors (Lipinski definition) is 1. The molecule has 8 nitrogen and oxygen atoms in total. The summed E-state index contributed by atoms with van der Waals surface area (Å²) in [5, 5.41) is 0. The number of primary amides is 1. The van der Waals surface area contributed by atoms with Crippen molar-refractivity contribution in [3.05, 3.63) is 18.0 Å². The molecule has 1 aliphatic rings. The Hall–Kier alpha value is -1.71. The van der Waals surface area contributed by atoms with Crippen LogP contribution in [0.2, 0.25) is 0 Å². The molecule has 1 saturated heterocycles. The number of Topliss-reactive ketones (excluding diaryl/α,β-unsaturated/α-hetero) is 1. The number of aromatic nitrogens is 1. The van der Waals surface area contributed by atoms with E-state index in [4.69, 9.17) is 10.5 Å². The molecular formula is C13H19N3O5S. The molecule has 122 valence electrons. The van der Waals surface area contributed by atoms with E-state index in [9.17, 15) is 18.0 Å².